The molecule has 0 atom stereocenters. The molecule has 9 heteroatoms. The minimum Gasteiger partial charge on any atom is -0.545 e. The van der Waals surface area contributed by atoms with Gasteiger partial charge in [-0.15, -0.1) is 0 Å². The molecule has 0 heterocycles. The Balaban J connectivity index is 2.06. The molecule has 0 aliphatic heterocycles. The first-order valence-corrected chi connectivity index (χ1v) is 7.90. The van der Waals surface area contributed by atoms with Crippen LogP contribution in [-0.4, -0.2) is 17.0 Å². The third kappa shape index (κ3) is 4.58. The number of amides is 1. The lowest BCUT2D eigenvalue weighted by Crippen LogP contribution is -2.34. The highest BCUT2D eigenvalue weighted by molar-refractivity contribution is 7.80. The summed E-state index contributed by atoms with van der Waals surface area (Å²) in [4.78, 5) is 22.9. The van der Waals surface area contributed by atoms with Crippen LogP contribution in [0.3, 0.4) is 0 Å². The molecule has 2 N–H and O–H groups in total. The van der Waals surface area contributed by atoms with Crippen molar-refractivity contribution in [3.8, 4) is 0 Å². The van der Waals surface area contributed by atoms with Gasteiger partial charge in [-0.2, -0.15) is 0 Å². The van der Waals surface area contributed by atoms with Crippen molar-refractivity contribution in [1.82, 2.24) is 5.32 Å². The Hall–Kier alpha value is -1.86. The van der Waals surface area contributed by atoms with Gasteiger partial charge in [-0.1, -0.05) is 34.8 Å². The van der Waals surface area contributed by atoms with Crippen molar-refractivity contribution >= 4 is 69.7 Å². The Labute approximate surface area is 157 Å². The average Bonchev–Trinajstić information content (AvgIpc) is 2.46. The smallest absolute Gasteiger partial charge is 0.258 e. The Morgan fingerprint density at radius 2 is 1.58 bits per heavy atom. The van der Waals surface area contributed by atoms with E-state index in [-0.39, 0.29) is 26.3 Å². The second-order valence-electron chi connectivity index (χ2n) is 4.51. The number of aromatic carboxylic acids is 1. The molecule has 2 aromatic rings. The van der Waals surface area contributed by atoms with Crippen LogP contribution in [0.25, 0.3) is 0 Å². The fourth-order valence-electron chi connectivity index (χ4n) is 1.76. The maximum absolute atomic E-state index is 12.1. The van der Waals surface area contributed by atoms with Crippen molar-refractivity contribution in [2.45, 2.75) is 0 Å². The van der Waals surface area contributed by atoms with Gasteiger partial charge in [0, 0.05) is 16.3 Å². The standard InChI is InChI=1S/C15H9Cl3N2O3S/c16-7-1-3-9(11(17)5-7)13(21)20-15(24)19-8-2-4-10(14(22)23)12(18)6-8/h1-6H,(H,22,23)(H2,19,20,21,24)/p-1. The molecule has 24 heavy (non-hydrogen) atoms. The van der Waals surface area contributed by atoms with Gasteiger partial charge in [-0.05, 0) is 48.6 Å². The number of hydrogen-bond donors (Lipinski definition) is 2. The van der Waals surface area contributed by atoms with E-state index >= 15 is 0 Å². The van der Waals surface area contributed by atoms with E-state index in [4.69, 9.17) is 47.0 Å². The molecule has 0 bridgehead atoms. The SMILES string of the molecule is O=C([O-])c1ccc(NC(=S)NC(=O)c2ccc(Cl)cc2Cl)cc1Cl. The molecule has 0 saturated carbocycles. The first kappa shape index (κ1) is 18.5. The van der Waals surface area contributed by atoms with E-state index in [1.165, 1.54) is 36.4 Å². The van der Waals surface area contributed by atoms with Crippen LogP contribution in [-0.2, 0) is 0 Å². The summed E-state index contributed by atoms with van der Waals surface area (Å²) in [5, 5.41) is 16.5. The van der Waals surface area contributed by atoms with E-state index in [1.807, 2.05) is 0 Å². The Bertz CT molecular complexity index is 843. The van der Waals surface area contributed by atoms with Gasteiger partial charge >= 0.3 is 0 Å². The summed E-state index contributed by atoms with van der Waals surface area (Å²) in [6.07, 6.45) is 0. The lowest BCUT2D eigenvalue weighted by Gasteiger charge is -2.12. The number of thiocarbonyl (C=S) groups is 1. The maximum atomic E-state index is 12.1. The molecule has 0 spiro atoms. The van der Waals surface area contributed by atoms with Gasteiger partial charge in [0.05, 0.1) is 21.6 Å². The van der Waals surface area contributed by atoms with Gasteiger partial charge in [-0.25, -0.2) is 0 Å². The average molecular weight is 403 g/mol. The highest BCUT2D eigenvalue weighted by Gasteiger charge is 2.12. The Morgan fingerprint density at radius 3 is 2.17 bits per heavy atom. The van der Waals surface area contributed by atoms with Crippen LogP contribution < -0.4 is 15.7 Å². The molecule has 0 fully saturated rings. The molecule has 0 aliphatic carbocycles. The first-order chi connectivity index (χ1) is 11.3. The molecule has 5 nitrogen and oxygen atoms in total. The van der Waals surface area contributed by atoms with Crippen molar-refractivity contribution < 1.29 is 14.7 Å². The third-order valence-corrected chi connectivity index (χ3v) is 3.91. The Kier molecular flexibility index (Phi) is 6.01. The third-order valence-electron chi connectivity index (χ3n) is 2.85. The van der Waals surface area contributed by atoms with E-state index < -0.39 is 11.9 Å². The zero-order valence-electron chi connectivity index (χ0n) is 11.7. The van der Waals surface area contributed by atoms with Crippen LogP contribution in [0.1, 0.15) is 20.7 Å². The van der Waals surface area contributed by atoms with E-state index in [2.05, 4.69) is 10.6 Å². The number of carboxylic acids is 1. The highest BCUT2D eigenvalue weighted by atomic mass is 35.5. The Morgan fingerprint density at radius 1 is 0.958 bits per heavy atom. The minimum atomic E-state index is -1.39. The number of nitrogens with one attached hydrogen (secondary N) is 2. The molecule has 0 saturated heterocycles. The fraction of sp³-hybridized carbons (Fsp3) is 0. The molecular formula is C15H8Cl3N2O3S-. The van der Waals surface area contributed by atoms with Crippen molar-refractivity contribution in [3.63, 3.8) is 0 Å². The van der Waals surface area contributed by atoms with Crippen LogP contribution in [0.5, 0.6) is 0 Å². The number of carbonyl (C=O) groups is 2. The summed E-state index contributed by atoms with van der Waals surface area (Å²) in [6.45, 7) is 0. The van der Waals surface area contributed by atoms with Crippen molar-refractivity contribution in [1.29, 1.82) is 0 Å². The van der Waals surface area contributed by atoms with Gasteiger partial charge in [0.2, 0.25) is 0 Å². The lowest BCUT2D eigenvalue weighted by atomic mass is 10.2. The molecule has 2 aromatic carbocycles. The first-order valence-electron chi connectivity index (χ1n) is 6.36. The molecule has 0 radical (unpaired) electrons. The molecule has 2 rings (SSSR count). The molecule has 0 unspecified atom stereocenters. The largest absolute Gasteiger partial charge is 0.545 e. The van der Waals surface area contributed by atoms with Crippen LogP contribution in [0.15, 0.2) is 36.4 Å². The monoisotopic (exact) mass is 401 g/mol. The van der Waals surface area contributed by atoms with E-state index in [1.54, 1.807) is 0 Å². The van der Waals surface area contributed by atoms with Gasteiger partial charge < -0.3 is 15.2 Å². The molecule has 1 amide bonds. The molecule has 0 aromatic heterocycles. The lowest BCUT2D eigenvalue weighted by molar-refractivity contribution is -0.255. The topological polar surface area (TPSA) is 81.3 Å². The molecular weight excluding hydrogens is 395 g/mol. The summed E-state index contributed by atoms with van der Waals surface area (Å²) in [7, 11) is 0. The predicted molar refractivity (Wildman–Crippen MR) is 95.9 cm³/mol. The number of carbonyl (C=O) groups excluding carboxylic acids is 2. The maximum Gasteiger partial charge on any atom is 0.258 e. The van der Waals surface area contributed by atoms with Crippen LogP contribution in [0.2, 0.25) is 15.1 Å². The number of halogens is 3. The number of rotatable bonds is 3. The quantitative estimate of drug-likeness (QED) is 0.771. The second kappa shape index (κ2) is 7.81. The second-order valence-corrected chi connectivity index (χ2v) is 6.17. The number of hydrogen-bond acceptors (Lipinski definition) is 4. The summed E-state index contributed by atoms with van der Waals surface area (Å²) in [5.41, 5.74) is 0.457. The van der Waals surface area contributed by atoms with Gasteiger partial charge in [0.25, 0.3) is 5.91 Å². The molecule has 0 aliphatic rings. The normalized spacial score (nSPS) is 10.1. The van der Waals surface area contributed by atoms with E-state index in [0.717, 1.165) is 0 Å². The van der Waals surface area contributed by atoms with Crippen molar-refractivity contribution in [3.05, 3.63) is 62.6 Å². The number of anilines is 1. The highest BCUT2D eigenvalue weighted by Crippen LogP contribution is 2.22. The zero-order chi connectivity index (χ0) is 17.9. The summed E-state index contributed by atoms with van der Waals surface area (Å²) in [5.74, 6) is -1.91. The van der Waals surface area contributed by atoms with Crippen LogP contribution in [0.4, 0.5) is 5.69 Å². The van der Waals surface area contributed by atoms with E-state index in [0.29, 0.717) is 10.7 Å². The van der Waals surface area contributed by atoms with Gasteiger partial charge in [0.1, 0.15) is 0 Å². The zero-order valence-corrected chi connectivity index (χ0v) is 14.8. The van der Waals surface area contributed by atoms with Gasteiger partial charge in [0.15, 0.2) is 5.11 Å². The van der Waals surface area contributed by atoms with Crippen molar-refractivity contribution in [2.75, 3.05) is 5.32 Å². The fourth-order valence-corrected chi connectivity index (χ4v) is 2.73. The minimum absolute atomic E-state index is 0.0108. The summed E-state index contributed by atoms with van der Waals surface area (Å²) < 4.78 is 0. The number of carboxylic acid groups (broad SMARTS) is 1. The van der Waals surface area contributed by atoms with Crippen LogP contribution in [0, 0.1) is 0 Å². The van der Waals surface area contributed by atoms with E-state index in [9.17, 15) is 14.7 Å². The van der Waals surface area contributed by atoms with Crippen molar-refractivity contribution in [2.24, 2.45) is 0 Å². The summed E-state index contributed by atoms with van der Waals surface area (Å²) in [6, 6.07) is 8.48. The predicted octanol–water partition coefficient (Wildman–Crippen LogP) is 3.14. The van der Waals surface area contributed by atoms with Crippen LogP contribution >= 0.6 is 47.0 Å². The van der Waals surface area contributed by atoms with Gasteiger partial charge in [-0.3, -0.25) is 10.1 Å². The number of benzene rings is 2. The molecule has 124 valence electrons. The summed E-state index contributed by atoms with van der Waals surface area (Å²) >= 11 is 22.6.